The molecule has 1 aliphatic rings. The van der Waals surface area contributed by atoms with Crippen molar-refractivity contribution in [3.8, 4) is 0 Å². The number of carboxylic acid groups (broad SMARTS) is 1. The standard InChI is InChI=1S/C8H12FNO3/c1-4(2)10-6(8(12)13)3-5(9)7(10)11/h4-6H,3H2,1-2H3,(H,12,13)/t5-,6-/m0/s1. The first-order valence-electron chi connectivity index (χ1n) is 4.14. The summed E-state index contributed by atoms with van der Waals surface area (Å²) in [5, 5.41) is 8.71. The highest BCUT2D eigenvalue weighted by Gasteiger charge is 2.44. The molecule has 0 bridgehead atoms. The maximum absolute atomic E-state index is 12.9. The molecule has 1 saturated heterocycles. The van der Waals surface area contributed by atoms with Gasteiger partial charge in [-0.15, -0.1) is 0 Å². The monoisotopic (exact) mass is 189 g/mol. The molecule has 0 aromatic carbocycles. The summed E-state index contributed by atoms with van der Waals surface area (Å²) in [6.45, 7) is 3.34. The van der Waals surface area contributed by atoms with Crippen LogP contribution in [0.3, 0.4) is 0 Å². The van der Waals surface area contributed by atoms with Crippen molar-refractivity contribution in [3.05, 3.63) is 0 Å². The summed E-state index contributed by atoms with van der Waals surface area (Å²) in [4.78, 5) is 22.9. The zero-order valence-corrected chi connectivity index (χ0v) is 7.53. The Bertz CT molecular complexity index is 242. The molecule has 1 amide bonds. The molecular formula is C8H12FNO3. The smallest absolute Gasteiger partial charge is 0.326 e. The third kappa shape index (κ3) is 1.64. The molecule has 0 aliphatic carbocycles. The fourth-order valence-electron chi connectivity index (χ4n) is 1.56. The lowest BCUT2D eigenvalue weighted by Crippen LogP contribution is -2.43. The number of halogens is 1. The molecule has 1 fully saturated rings. The van der Waals surface area contributed by atoms with E-state index in [1.807, 2.05) is 0 Å². The number of hydrogen-bond acceptors (Lipinski definition) is 2. The van der Waals surface area contributed by atoms with Gasteiger partial charge in [-0.2, -0.15) is 0 Å². The van der Waals surface area contributed by atoms with E-state index in [2.05, 4.69) is 0 Å². The minimum atomic E-state index is -1.65. The predicted octanol–water partition coefficient (Wildman–Crippen LogP) is 0.418. The highest BCUT2D eigenvalue weighted by atomic mass is 19.1. The van der Waals surface area contributed by atoms with Crippen LogP contribution in [0.25, 0.3) is 0 Å². The summed E-state index contributed by atoms with van der Waals surface area (Å²) in [6.07, 6.45) is -1.88. The van der Waals surface area contributed by atoms with E-state index in [0.717, 1.165) is 4.90 Å². The SMILES string of the molecule is CC(C)N1C(=O)[C@@H](F)C[C@H]1C(=O)O. The first-order valence-corrected chi connectivity index (χ1v) is 4.14. The van der Waals surface area contributed by atoms with Crippen molar-refractivity contribution >= 4 is 11.9 Å². The molecule has 0 aromatic rings. The second-order valence-corrected chi connectivity index (χ2v) is 3.40. The first kappa shape index (κ1) is 9.95. The third-order valence-electron chi connectivity index (χ3n) is 2.13. The quantitative estimate of drug-likeness (QED) is 0.684. The summed E-state index contributed by atoms with van der Waals surface area (Å²) in [6, 6.07) is -1.27. The van der Waals surface area contributed by atoms with Gasteiger partial charge in [0.1, 0.15) is 6.04 Å². The second-order valence-electron chi connectivity index (χ2n) is 3.40. The van der Waals surface area contributed by atoms with Gasteiger partial charge in [0.05, 0.1) is 0 Å². The van der Waals surface area contributed by atoms with Gasteiger partial charge in [0.25, 0.3) is 5.91 Å². The van der Waals surface area contributed by atoms with Gasteiger partial charge in [0.2, 0.25) is 0 Å². The lowest BCUT2D eigenvalue weighted by Gasteiger charge is -2.25. The molecule has 1 rings (SSSR count). The Balaban J connectivity index is 2.87. The highest BCUT2D eigenvalue weighted by Crippen LogP contribution is 2.24. The van der Waals surface area contributed by atoms with Crippen LogP contribution in [0.15, 0.2) is 0 Å². The normalized spacial score (nSPS) is 28.6. The van der Waals surface area contributed by atoms with Crippen LogP contribution in [-0.4, -0.2) is 40.1 Å². The summed E-state index contributed by atoms with van der Waals surface area (Å²) >= 11 is 0. The summed E-state index contributed by atoms with van der Waals surface area (Å²) in [5.74, 6) is -1.84. The van der Waals surface area contributed by atoms with Crippen LogP contribution in [0.4, 0.5) is 4.39 Å². The van der Waals surface area contributed by atoms with Crippen LogP contribution in [0, 0.1) is 0 Å². The van der Waals surface area contributed by atoms with Crippen LogP contribution in [0.5, 0.6) is 0 Å². The number of carbonyl (C=O) groups is 2. The van der Waals surface area contributed by atoms with Crippen LogP contribution in [-0.2, 0) is 9.59 Å². The zero-order valence-electron chi connectivity index (χ0n) is 7.53. The Hall–Kier alpha value is -1.13. The molecule has 2 atom stereocenters. The number of amides is 1. The van der Waals surface area contributed by atoms with Crippen LogP contribution >= 0.6 is 0 Å². The Morgan fingerprint density at radius 2 is 2.23 bits per heavy atom. The molecule has 5 heteroatoms. The molecule has 13 heavy (non-hydrogen) atoms. The van der Waals surface area contributed by atoms with E-state index in [4.69, 9.17) is 5.11 Å². The van der Waals surface area contributed by atoms with Crippen LogP contribution in [0.1, 0.15) is 20.3 Å². The van der Waals surface area contributed by atoms with Crippen molar-refractivity contribution in [1.29, 1.82) is 0 Å². The second kappa shape index (κ2) is 3.32. The average molecular weight is 189 g/mol. The van der Waals surface area contributed by atoms with E-state index in [-0.39, 0.29) is 12.5 Å². The van der Waals surface area contributed by atoms with Gasteiger partial charge in [-0.05, 0) is 13.8 Å². The maximum atomic E-state index is 12.9. The van der Waals surface area contributed by atoms with E-state index < -0.39 is 24.1 Å². The average Bonchev–Trinajstić information content (AvgIpc) is 2.28. The number of hydrogen-bond donors (Lipinski definition) is 1. The summed E-state index contributed by atoms with van der Waals surface area (Å²) < 4.78 is 12.9. The molecule has 1 aliphatic heterocycles. The fraction of sp³-hybridized carbons (Fsp3) is 0.750. The Kier molecular flexibility index (Phi) is 2.54. The van der Waals surface area contributed by atoms with Gasteiger partial charge in [-0.25, -0.2) is 9.18 Å². The van der Waals surface area contributed by atoms with Crippen molar-refractivity contribution < 1.29 is 19.1 Å². The maximum Gasteiger partial charge on any atom is 0.326 e. The molecule has 1 heterocycles. The van der Waals surface area contributed by atoms with Crippen molar-refractivity contribution in [1.82, 2.24) is 4.90 Å². The first-order chi connectivity index (χ1) is 5.95. The number of carboxylic acids is 1. The van der Waals surface area contributed by atoms with Gasteiger partial charge < -0.3 is 10.0 Å². The van der Waals surface area contributed by atoms with Crippen molar-refractivity contribution in [3.63, 3.8) is 0 Å². The largest absolute Gasteiger partial charge is 0.480 e. The van der Waals surface area contributed by atoms with Gasteiger partial charge in [0, 0.05) is 12.5 Å². The van der Waals surface area contributed by atoms with Gasteiger partial charge in [0.15, 0.2) is 6.17 Å². The Morgan fingerprint density at radius 3 is 2.54 bits per heavy atom. The molecule has 0 saturated carbocycles. The predicted molar refractivity (Wildman–Crippen MR) is 42.9 cm³/mol. The Labute approximate surface area is 75.3 Å². The minimum absolute atomic E-state index is 0.230. The van der Waals surface area contributed by atoms with Crippen molar-refractivity contribution in [2.75, 3.05) is 0 Å². The molecule has 0 radical (unpaired) electrons. The molecule has 4 nitrogen and oxygen atoms in total. The van der Waals surface area contributed by atoms with E-state index >= 15 is 0 Å². The van der Waals surface area contributed by atoms with Gasteiger partial charge in [-0.1, -0.05) is 0 Å². The van der Waals surface area contributed by atoms with Gasteiger partial charge in [-0.3, -0.25) is 4.79 Å². The number of alkyl halides is 1. The molecule has 0 spiro atoms. The fourth-order valence-corrected chi connectivity index (χ4v) is 1.56. The number of nitrogens with zero attached hydrogens (tertiary/aromatic N) is 1. The third-order valence-corrected chi connectivity index (χ3v) is 2.13. The summed E-state index contributed by atoms with van der Waals surface area (Å²) in [7, 11) is 0. The highest BCUT2D eigenvalue weighted by molar-refractivity contribution is 5.90. The molecule has 1 N–H and O–H groups in total. The number of carbonyl (C=O) groups excluding carboxylic acids is 1. The van der Waals surface area contributed by atoms with E-state index in [0.29, 0.717) is 0 Å². The van der Waals surface area contributed by atoms with E-state index in [1.54, 1.807) is 13.8 Å². The topological polar surface area (TPSA) is 57.6 Å². The van der Waals surface area contributed by atoms with E-state index in [1.165, 1.54) is 0 Å². The molecule has 0 unspecified atom stereocenters. The van der Waals surface area contributed by atoms with Gasteiger partial charge >= 0.3 is 5.97 Å². The number of likely N-dealkylation sites (tertiary alicyclic amines) is 1. The van der Waals surface area contributed by atoms with Crippen molar-refractivity contribution in [2.24, 2.45) is 0 Å². The lowest BCUT2D eigenvalue weighted by atomic mass is 10.2. The lowest BCUT2D eigenvalue weighted by molar-refractivity contribution is -0.147. The molecule has 74 valence electrons. The Morgan fingerprint density at radius 1 is 1.69 bits per heavy atom. The number of aliphatic carboxylic acids is 1. The zero-order chi connectivity index (χ0) is 10.2. The molecule has 0 aromatic heterocycles. The van der Waals surface area contributed by atoms with E-state index in [9.17, 15) is 14.0 Å². The van der Waals surface area contributed by atoms with Crippen LogP contribution in [0.2, 0.25) is 0 Å². The molecular weight excluding hydrogens is 177 g/mol. The minimum Gasteiger partial charge on any atom is -0.480 e. The summed E-state index contributed by atoms with van der Waals surface area (Å²) in [5.41, 5.74) is 0. The number of rotatable bonds is 2. The van der Waals surface area contributed by atoms with Crippen molar-refractivity contribution in [2.45, 2.75) is 38.5 Å². The van der Waals surface area contributed by atoms with Crippen LogP contribution < -0.4 is 0 Å².